The normalized spacial score (nSPS) is 11.1. The molecule has 0 radical (unpaired) electrons. The predicted molar refractivity (Wildman–Crippen MR) is 133 cm³/mol. The summed E-state index contributed by atoms with van der Waals surface area (Å²) in [6, 6.07) is 0. The number of hydrogen-bond donors (Lipinski definition) is 2. The van der Waals surface area contributed by atoms with Crippen molar-refractivity contribution in [2.24, 2.45) is 0 Å². The molecule has 0 saturated carbocycles. The highest BCUT2D eigenvalue weighted by Gasteiger charge is 2.04. The fourth-order valence-corrected chi connectivity index (χ4v) is 2.90. The van der Waals surface area contributed by atoms with Crippen molar-refractivity contribution in [1.82, 2.24) is 5.32 Å². The molecule has 0 bridgehead atoms. The molecule has 0 aliphatic heterocycles. The lowest BCUT2D eigenvalue weighted by atomic mass is 10.1. The van der Waals surface area contributed by atoms with Crippen molar-refractivity contribution in [3.05, 3.63) is 0 Å². The maximum absolute atomic E-state index is 11.3. The van der Waals surface area contributed by atoms with Gasteiger partial charge in [-0.3, -0.25) is 9.59 Å². The first kappa shape index (κ1) is 33.7. The summed E-state index contributed by atoms with van der Waals surface area (Å²) in [5, 5.41) is 11.2. The van der Waals surface area contributed by atoms with Crippen molar-refractivity contribution in [3.8, 4) is 0 Å². The summed E-state index contributed by atoms with van der Waals surface area (Å²) in [7, 11) is 0. The zero-order valence-corrected chi connectivity index (χ0v) is 21.8. The Morgan fingerprint density at radius 3 is 1.40 bits per heavy atom. The van der Waals surface area contributed by atoms with Gasteiger partial charge in [-0.25, -0.2) is 0 Å². The molecule has 10 heteroatoms. The van der Waals surface area contributed by atoms with E-state index in [2.05, 4.69) is 12.2 Å². The second-order valence-corrected chi connectivity index (χ2v) is 8.04. The van der Waals surface area contributed by atoms with E-state index in [1.807, 2.05) is 0 Å². The van der Waals surface area contributed by atoms with Gasteiger partial charge in [0.15, 0.2) is 0 Å². The van der Waals surface area contributed by atoms with E-state index in [4.69, 9.17) is 33.5 Å². The monoisotopic (exact) mass is 507 g/mol. The lowest BCUT2D eigenvalue weighted by Crippen LogP contribution is -2.25. The number of hydrogen-bond acceptors (Lipinski definition) is 8. The fraction of sp³-hybridized carbons (Fsp3) is 0.920. The Bertz CT molecular complexity index is 466. The minimum absolute atomic E-state index is 0.00190. The van der Waals surface area contributed by atoms with E-state index in [-0.39, 0.29) is 18.7 Å². The van der Waals surface area contributed by atoms with Gasteiger partial charge in [-0.05, 0) is 12.8 Å². The molecule has 0 aromatic heterocycles. The van der Waals surface area contributed by atoms with E-state index in [9.17, 15) is 9.59 Å². The SMILES string of the molecule is CCCCCCCCOCCOCCOCCOCCOCCOCCCNC(=O)CCC(=O)O. The van der Waals surface area contributed by atoms with Gasteiger partial charge in [-0.15, -0.1) is 0 Å². The van der Waals surface area contributed by atoms with Gasteiger partial charge in [0.25, 0.3) is 0 Å². The number of amides is 1. The van der Waals surface area contributed by atoms with Gasteiger partial charge < -0.3 is 38.8 Å². The van der Waals surface area contributed by atoms with Crippen LogP contribution in [-0.4, -0.2) is 103 Å². The molecule has 0 aliphatic carbocycles. The molecular weight excluding hydrogens is 458 g/mol. The van der Waals surface area contributed by atoms with E-state index >= 15 is 0 Å². The summed E-state index contributed by atoms with van der Waals surface area (Å²) >= 11 is 0. The number of carbonyl (C=O) groups excluding carboxylic acids is 1. The Morgan fingerprint density at radius 2 is 0.943 bits per heavy atom. The Hall–Kier alpha value is -1.30. The molecule has 1 amide bonds. The minimum atomic E-state index is -0.974. The molecule has 208 valence electrons. The molecule has 35 heavy (non-hydrogen) atoms. The van der Waals surface area contributed by atoms with Crippen molar-refractivity contribution in [2.45, 2.75) is 64.7 Å². The summed E-state index contributed by atoms with van der Waals surface area (Å²) in [6.07, 6.45) is 8.16. The van der Waals surface area contributed by atoms with Crippen molar-refractivity contribution >= 4 is 11.9 Å². The van der Waals surface area contributed by atoms with Gasteiger partial charge in [0.05, 0.1) is 72.5 Å². The third-order valence-corrected chi connectivity index (χ3v) is 4.86. The van der Waals surface area contributed by atoms with E-state index in [0.29, 0.717) is 85.6 Å². The van der Waals surface area contributed by atoms with Crippen molar-refractivity contribution in [1.29, 1.82) is 0 Å². The average molecular weight is 508 g/mol. The van der Waals surface area contributed by atoms with Crippen LogP contribution in [0.5, 0.6) is 0 Å². The minimum Gasteiger partial charge on any atom is -0.481 e. The van der Waals surface area contributed by atoms with Crippen molar-refractivity contribution in [2.75, 3.05) is 85.8 Å². The molecule has 0 heterocycles. The van der Waals surface area contributed by atoms with E-state index in [1.165, 1.54) is 32.1 Å². The van der Waals surface area contributed by atoms with Gasteiger partial charge in [0.2, 0.25) is 5.91 Å². The number of carboxylic acid groups (broad SMARTS) is 1. The molecule has 0 atom stereocenters. The zero-order valence-electron chi connectivity index (χ0n) is 21.8. The lowest BCUT2D eigenvalue weighted by Gasteiger charge is -2.08. The second-order valence-electron chi connectivity index (χ2n) is 8.04. The van der Waals surface area contributed by atoms with Crippen molar-refractivity contribution in [3.63, 3.8) is 0 Å². The van der Waals surface area contributed by atoms with E-state index in [0.717, 1.165) is 13.0 Å². The lowest BCUT2D eigenvalue weighted by molar-refractivity contribution is -0.138. The molecule has 0 aromatic carbocycles. The quantitative estimate of drug-likeness (QED) is 0.147. The maximum atomic E-state index is 11.3. The number of nitrogens with one attached hydrogen (secondary N) is 1. The third kappa shape index (κ3) is 30.7. The molecule has 10 nitrogen and oxygen atoms in total. The molecule has 0 unspecified atom stereocenters. The molecule has 0 rings (SSSR count). The molecular formula is C25H49NO9. The highest BCUT2D eigenvalue weighted by Crippen LogP contribution is 2.04. The van der Waals surface area contributed by atoms with Crippen LogP contribution in [-0.2, 0) is 38.0 Å². The number of unbranched alkanes of at least 4 members (excludes halogenated alkanes) is 5. The number of aliphatic carboxylic acids is 1. The Kier molecular flexibility index (Phi) is 27.9. The van der Waals surface area contributed by atoms with Crippen LogP contribution in [0.15, 0.2) is 0 Å². The average Bonchev–Trinajstić information content (AvgIpc) is 2.85. The largest absolute Gasteiger partial charge is 0.481 e. The van der Waals surface area contributed by atoms with Gasteiger partial charge in [-0.2, -0.15) is 0 Å². The van der Waals surface area contributed by atoms with Crippen molar-refractivity contribution < 1.29 is 43.1 Å². The highest BCUT2D eigenvalue weighted by molar-refractivity contribution is 5.80. The first-order valence-corrected chi connectivity index (χ1v) is 13.1. The van der Waals surface area contributed by atoms with Crippen LogP contribution in [0.4, 0.5) is 0 Å². The van der Waals surface area contributed by atoms with Gasteiger partial charge in [0.1, 0.15) is 0 Å². The fourth-order valence-electron chi connectivity index (χ4n) is 2.90. The van der Waals surface area contributed by atoms with Crippen LogP contribution in [0, 0.1) is 0 Å². The smallest absolute Gasteiger partial charge is 0.303 e. The summed E-state index contributed by atoms with van der Waals surface area (Å²) < 4.78 is 32.7. The van der Waals surface area contributed by atoms with Gasteiger partial charge in [-0.1, -0.05) is 39.0 Å². The standard InChI is InChI=1S/C25H49NO9/c1-2-3-4-5-6-7-12-30-14-16-32-18-20-34-22-23-35-21-19-33-17-15-31-13-8-11-26-24(27)9-10-25(28)29/h2-23H2,1H3,(H,26,27)(H,28,29). The highest BCUT2D eigenvalue weighted by atomic mass is 16.6. The first-order valence-electron chi connectivity index (χ1n) is 13.1. The molecule has 0 aliphatic rings. The Morgan fingerprint density at radius 1 is 0.543 bits per heavy atom. The number of rotatable bonds is 29. The summed E-state index contributed by atoms with van der Waals surface area (Å²) in [5.41, 5.74) is 0. The molecule has 0 fully saturated rings. The molecule has 2 N–H and O–H groups in total. The molecule has 0 saturated heterocycles. The molecule has 0 spiro atoms. The number of carboxylic acids is 1. The van der Waals surface area contributed by atoms with Gasteiger partial charge in [0, 0.05) is 26.2 Å². The van der Waals surface area contributed by atoms with E-state index in [1.54, 1.807) is 0 Å². The van der Waals surface area contributed by atoms with Crippen LogP contribution in [0.25, 0.3) is 0 Å². The molecule has 0 aromatic rings. The number of carbonyl (C=O) groups is 2. The van der Waals surface area contributed by atoms with Gasteiger partial charge >= 0.3 is 5.97 Å². The Labute approximate surface area is 211 Å². The summed E-state index contributed by atoms with van der Waals surface area (Å²) in [5.74, 6) is -1.23. The second kappa shape index (κ2) is 28.9. The van der Waals surface area contributed by atoms with E-state index < -0.39 is 5.97 Å². The number of ether oxygens (including phenoxy) is 6. The summed E-state index contributed by atoms with van der Waals surface area (Å²) in [4.78, 5) is 21.7. The van der Waals surface area contributed by atoms with Crippen LogP contribution >= 0.6 is 0 Å². The Balaban J connectivity index is 3.08. The first-order chi connectivity index (χ1) is 17.2. The third-order valence-electron chi connectivity index (χ3n) is 4.86. The van der Waals surface area contributed by atoms with Crippen LogP contribution in [0.1, 0.15) is 64.7 Å². The van der Waals surface area contributed by atoms with Crippen LogP contribution in [0.3, 0.4) is 0 Å². The maximum Gasteiger partial charge on any atom is 0.303 e. The van der Waals surface area contributed by atoms with Crippen LogP contribution < -0.4 is 5.32 Å². The zero-order chi connectivity index (χ0) is 25.7. The van der Waals surface area contributed by atoms with Crippen LogP contribution in [0.2, 0.25) is 0 Å². The summed E-state index contributed by atoms with van der Waals surface area (Å²) in [6.45, 7) is 9.33. The topological polar surface area (TPSA) is 122 Å². The predicted octanol–water partition coefficient (Wildman–Crippen LogP) is 2.82.